The summed E-state index contributed by atoms with van der Waals surface area (Å²) in [5.41, 5.74) is 3.14. The molecule has 0 aliphatic carbocycles. The smallest absolute Gasteiger partial charge is 0.252 e. The number of aliphatic hydroxyl groups excluding tert-OH is 1. The van der Waals surface area contributed by atoms with Gasteiger partial charge in [0.2, 0.25) is 12.7 Å². The number of carbonyl (C=O) groups excluding carboxylic acids is 2. The summed E-state index contributed by atoms with van der Waals surface area (Å²) < 4.78 is 43.2. The first-order chi connectivity index (χ1) is 21.2. The standard InChI is InChI=1S/C32H48N4O8S/c1-22(2)31(45(40,41)24-12-13-27-28(17-24)44-21-43-27)34-19-26(37)25(16-23-10-8-7-9-11-23)36(30(39)18-32(3,4)5)35-29(38)20-33-14-15-42-6/h7-13,17,22,25-26,31,33-34,37H,14-16,18-21H2,1-6H3,(H,35,38)/t25?,26-,31?/m1/s1. The second kappa shape index (κ2) is 16.4. The third-order valence-corrected chi connectivity index (χ3v) is 9.46. The molecular formula is C32H48N4O8S. The third-order valence-electron chi connectivity index (χ3n) is 7.17. The quantitative estimate of drug-likeness (QED) is 0.157. The van der Waals surface area contributed by atoms with Gasteiger partial charge < -0.3 is 24.6 Å². The average molecular weight is 649 g/mol. The zero-order valence-corrected chi connectivity index (χ0v) is 27.9. The largest absolute Gasteiger partial charge is 0.454 e. The molecule has 0 saturated heterocycles. The molecule has 250 valence electrons. The molecular weight excluding hydrogens is 600 g/mol. The van der Waals surface area contributed by atoms with E-state index in [1.165, 1.54) is 17.1 Å². The summed E-state index contributed by atoms with van der Waals surface area (Å²) in [6, 6.07) is 12.8. The van der Waals surface area contributed by atoms with Crippen LogP contribution >= 0.6 is 0 Å². The van der Waals surface area contributed by atoms with Crippen LogP contribution in [-0.2, 0) is 30.6 Å². The van der Waals surface area contributed by atoms with Crippen LogP contribution in [0, 0.1) is 11.3 Å². The lowest BCUT2D eigenvalue weighted by Crippen LogP contribution is -2.60. The number of nitrogens with zero attached hydrogens (tertiary/aromatic N) is 1. The van der Waals surface area contributed by atoms with Gasteiger partial charge in [-0.1, -0.05) is 65.0 Å². The summed E-state index contributed by atoms with van der Waals surface area (Å²) in [7, 11) is -2.37. The second-order valence-corrected chi connectivity index (χ2v) is 14.7. The first-order valence-corrected chi connectivity index (χ1v) is 16.7. The fourth-order valence-corrected chi connectivity index (χ4v) is 6.81. The Kier molecular flexibility index (Phi) is 13.2. The van der Waals surface area contributed by atoms with Crippen molar-refractivity contribution in [1.82, 2.24) is 21.1 Å². The van der Waals surface area contributed by atoms with Gasteiger partial charge in [0, 0.05) is 32.7 Å². The van der Waals surface area contributed by atoms with E-state index in [0.29, 0.717) is 24.7 Å². The third kappa shape index (κ3) is 10.7. The molecule has 0 spiro atoms. The Morgan fingerprint density at radius 3 is 2.40 bits per heavy atom. The van der Waals surface area contributed by atoms with Gasteiger partial charge in [0.1, 0.15) is 5.37 Å². The molecule has 1 aliphatic heterocycles. The van der Waals surface area contributed by atoms with Crippen LogP contribution in [0.2, 0.25) is 0 Å². The summed E-state index contributed by atoms with van der Waals surface area (Å²) in [6.45, 7) is 9.90. The van der Waals surface area contributed by atoms with E-state index in [0.717, 1.165) is 5.56 Å². The van der Waals surface area contributed by atoms with Gasteiger partial charge in [-0.25, -0.2) is 13.4 Å². The van der Waals surface area contributed by atoms with Crippen molar-refractivity contribution >= 4 is 21.7 Å². The molecule has 0 bridgehead atoms. The van der Waals surface area contributed by atoms with Gasteiger partial charge in [-0.2, -0.15) is 0 Å². The number of sulfone groups is 1. The SMILES string of the molecule is COCCNCC(=O)NN(C(=O)CC(C)(C)C)C(Cc1ccccc1)[C@H](O)CNC(C(C)C)S(=O)(=O)c1ccc2c(c1)OCO2. The monoisotopic (exact) mass is 648 g/mol. The maximum Gasteiger partial charge on any atom is 0.252 e. The minimum Gasteiger partial charge on any atom is -0.454 e. The second-order valence-electron chi connectivity index (χ2n) is 12.7. The number of carbonyl (C=O) groups is 2. The lowest BCUT2D eigenvalue weighted by molar-refractivity contribution is -0.149. The number of benzene rings is 2. The van der Waals surface area contributed by atoms with Gasteiger partial charge in [0.15, 0.2) is 21.3 Å². The number of ether oxygens (including phenoxy) is 3. The van der Waals surface area contributed by atoms with Gasteiger partial charge in [0.05, 0.1) is 30.2 Å². The summed E-state index contributed by atoms with van der Waals surface area (Å²) in [5, 5.41) is 17.8. The Labute approximate surface area is 266 Å². The van der Waals surface area contributed by atoms with E-state index in [-0.39, 0.29) is 49.4 Å². The van der Waals surface area contributed by atoms with E-state index in [1.807, 2.05) is 51.1 Å². The molecule has 0 fully saturated rings. The number of hydrogen-bond acceptors (Lipinski definition) is 10. The molecule has 2 aromatic rings. The van der Waals surface area contributed by atoms with E-state index in [4.69, 9.17) is 14.2 Å². The van der Waals surface area contributed by atoms with Crippen LogP contribution in [0.15, 0.2) is 53.4 Å². The summed E-state index contributed by atoms with van der Waals surface area (Å²) in [4.78, 5) is 26.8. The minimum absolute atomic E-state index is 0.0177. The zero-order valence-electron chi connectivity index (χ0n) is 27.0. The normalized spacial score (nSPS) is 15.0. The van der Waals surface area contributed by atoms with E-state index >= 15 is 0 Å². The number of fused-ring (bicyclic) bond motifs is 1. The lowest BCUT2D eigenvalue weighted by atomic mass is 9.91. The molecule has 3 atom stereocenters. The van der Waals surface area contributed by atoms with E-state index in [9.17, 15) is 23.1 Å². The van der Waals surface area contributed by atoms with E-state index < -0.39 is 38.7 Å². The number of hydrogen-bond donors (Lipinski definition) is 4. The van der Waals surface area contributed by atoms with Crippen LogP contribution < -0.4 is 25.5 Å². The molecule has 2 unspecified atom stereocenters. The van der Waals surface area contributed by atoms with Crippen molar-refractivity contribution in [2.24, 2.45) is 11.3 Å². The maximum atomic E-state index is 13.8. The molecule has 0 aromatic heterocycles. The number of aliphatic hydroxyl groups is 1. The molecule has 12 nitrogen and oxygen atoms in total. The van der Waals surface area contributed by atoms with Crippen LogP contribution in [0.1, 0.15) is 46.6 Å². The maximum absolute atomic E-state index is 13.8. The van der Waals surface area contributed by atoms with E-state index in [2.05, 4.69) is 16.1 Å². The van der Waals surface area contributed by atoms with Crippen molar-refractivity contribution < 1.29 is 37.3 Å². The molecule has 2 amide bonds. The topological polar surface area (TPSA) is 156 Å². The molecule has 45 heavy (non-hydrogen) atoms. The number of methoxy groups -OCH3 is 1. The average Bonchev–Trinajstić information content (AvgIpc) is 3.45. The Morgan fingerprint density at radius 1 is 1.07 bits per heavy atom. The van der Waals surface area contributed by atoms with Crippen molar-refractivity contribution in [3.63, 3.8) is 0 Å². The first kappa shape index (κ1) is 36.2. The van der Waals surface area contributed by atoms with Crippen molar-refractivity contribution in [3.8, 4) is 11.5 Å². The minimum atomic E-state index is -3.92. The molecule has 1 aliphatic rings. The predicted molar refractivity (Wildman–Crippen MR) is 170 cm³/mol. The highest BCUT2D eigenvalue weighted by Gasteiger charge is 2.36. The highest BCUT2D eigenvalue weighted by Crippen LogP contribution is 2.35. The van der Waals surface area contributed by atoms with Gasteiger partial charge in [0.25, 0.3) is 5.91 Å². The number of rotatable bonds is 16. The number of amides is 2. The summed E-state index contributed by atoms with van der Waals surface area (Å²) >= 11 is 0. The molecule has 3 rings (SSSR count). The fourth-order valence-electron chi connectivity index (χ4n) is 4.95. The van der Waals surface area contributed by atoms with Crippen LogP contribution in [0.4, 0.5) is 0 Å². The Morgan fingerprint density at radius 2 is 1.76 bits per heavy atom. The van der Waals surface area contributed by atoms with Gasteiger partial charge >= 0.3 is 0 Å². The molecule has 4 N–H and O–H groups in total. The van der Waals surface area contributed by atoms with Crippen LogP contribution in [0.3, 0.4) is 0 Å². The Hall–Kier alpha value is -3.23. The number of nitrogens with one attached hydrogen (secondary N) is 3. The Balaban J connectivity index is 1.88. The molecule has 2 aromatic carbocycles. The summed E-state index contributed by atoms with van der Waals surface area (Å²) in [6.07, 6.45) is -0.953. The molecule has 0 saturated carbocycles. The van der Waals surface area contributed by atoms with Crippen LogP contribution in [0.25, 0.3) is 0 Å². The molecule has 0 radical (unpaired) electrons. The Bertz CT molecular complexity index is 1360. The van der Waals surface area contributed by atoms with Gasteiger partial charge in [-0.3, -0.25) is 20.3 Å². The lowest BCUT2D eigenvalue weighted by Gasteiger charge is -2.37. The summed E-state index contributed by atoms with van der Waals surface area (Å²) in [5.74, 6) is -0.394. The fraction of sp³-hybridized carbons (Fsp3) is 0.562. The molecule has 1 heterocycles. The van der Waals surface area contributed by atoms with Crippen molar-refractivity contribution in [2.75, 3.05) is 40.1 Å². The predicted octanol–water partition coefficient (Wildman–Crippen LogP) is 2.26. The van der Waals surface area contributed by atoms with E-state index in [1.54, 1.807) is 27.0 Å². The zero-order chi connectivity index (χ0) is 33.2. The first-order valence-electron chi connectivity index (χ1n) is 15.1. The van der Waals surface area contributed by atoms with Crippen molar-refractivity contribution in [1.29, 1.82) is 0 Å². The van der Waals surface area contributed by atoms with Crippen molar-refractivity contribution in [3.05, 3.63) is 54.1 Å². The number of hydrazine groups is 1. The highest BCUT2D eigenvalue weighted by atomic mass is 32.2. The van der Waals surface area contributed by atoms with Gasteiger partial charge in [-0.15, -0.1) is 0 Å². The van der Waals surface area contributed by atoms with Crippen LogP contribution in [-0.4, -0.2) is 88.0 Å². The molecule has 13 heteroatoms. The van der Waals surface area contributed by atoms with Crippen molar-refractivity contribution in [2.45, 2.75) is 69.9 Å². The van der Waals surface area contributed by atoms with Crippen LogP contribution in [0.5, 0.6) is 11.5 Å². The highest BCUT2D eigenvalue weighted by molar-refractivity contribution is 7.92. The van der Waals surface area contributed by atoms with Gasteiger partial charge in [-0.05, 0) is 35.4 Å².